The van der Waals surface area contributed by atoms with Crippen LogP contribution in [0.15, 0.2) is 48.5 Å². The number of aliphatic hydroxyl groups is 1. The van der Waals surface area contributed by atoms with Gasteiger partial charge in [-0.25, -0.2) is 4.79 Å². The summed E-state index contributed by atoms with van der Waals surface area (Å²) in [6.07, 6.45) is 3.36. The molecule has 2 aromatic rings. The summed E-state index contributed by atoms with van der Waals surface area (Å²) in [6, 6.07) is 16.5. The molecule has 0 saturated carbocycles. The molecule has 8 nitrogen and oxygen atoms in total. The predicted molar refractivity (Wildman–Crippen MR) is 162 cm³/mol. The van der Waals surface area contributed by atoms with Crippen molar-refractivity contribution in [1.82, 2.24) is 4.90 Å². The van der Waals surface area contributed by atoms with Crippen molar-refractivity contribution in [2.75, 3.05) is 38.3 Å². The van der Waals surface area contributed by atoms with Gasteiger partial charge in [-0.3, -0.25) is 9.69 Å². The molecule has 0 unspecified atom stereocenters. The van der Waals surface area contributed by atoms with E-state index in [1.165, 1.54) is 5.19 Å². The van der Waals surface area contributed by atoms with E-state index in [-0.39, 0.29) is 48.3 Å². The summed E-state index contributed by atoms with van der Waals surface area (Å²) in [4.78, 5) is 29.2. The number of benzene rings is 2. The van der Waals surface area contributed by atoms with Gasteiger partial charge in [-0.05, 0) is 67.0 Å². The molecule has 0 bridgehead atoms. The van der Waals surface area contributed by atoms with Crippen LogP contribution in [0.2, 0.25) is 18.6 Å². The molecule has 3 saturated heterocycles. The molecule has 41 heavy (non-hydrogen) atoms. The van der Waals surface area contributed by atoms with Crippen LogP contribution in [-0.2, 0) is 20.7 Å². The Labute approximate surface area is 244 Å². The maximum atomic E-state index is 13.5. The van der Waals surface area contributed by atoms with E-state index in [9.17, 15) is 14.7 Å². The van der Waals surface area contributed by atoms with E-state index < -0.39 is 8.07 Å². The molecule has 2 amide bonds. The molecule has 0 radical (unpaired) electrons. The minimum Gasteiger partial charge on any atom is -0.497 e. The molecular weight excluding hydrogens is 536 g/mol. The van der Waals surface area contributed by atoms with Crippen LogP contribution < -0.4 is 14.8 Å². The first-order chi connectivity index (χ1) is 19.7. The standard InChI is InChI=1S/C32H44N2O6Si/c1-22-28(15-10-23-7-5-8-24(19-23)34-17-18-39-32(34)37)40-29(20-30(36)33-16-6-9-25(33)21-35)31(22)41(3,4)27-13-11-26(38-2)12-14-27/h5,7-8,11-14,19,22,25,28-29,31,35H,6,9-10,15-18,20-21H2,1-4H3/t22-,25+,28+,29-,31+/m1/s1. The lowest BCUT2D eigenvalue weighted by atomic mass is 9.95. The van der Waals surface area contributed by atoms with Crippen molar-refractivity contribution in [3.8, 4) is 5.75 Å². The first-order valence-electron chi connectivity index (χ1n) is 15.0. The molecule has 3 aliphatic heterocycles. The quantitative estimate of drug-likeness (QED) is 0.421. The van der Waals surface area contributed by atoms with Crippen LogP contribution >= 0.6 is 0 Å². The van der Waals surface area contributed by atoms with Gasteiger partial charge in [0, 0.05) is 12.2 Å². The smallest absolute Gasteiger partial charge is 0.414 e. The number of hydrogen-bond acceptors (Lipinski definition) is 6. The second-order valence-electron chi connectivity index (χ2n) is 12.3. The molecule has 0 spiro atoms. The number of carbonyl (C=O) groups excluding carboxylic acids is 2. The Morgan fingerprint density at radius 3 is 2.59 bits per heavy atom. The Balaban J connectivity index is 1.35. The van der Waals surface area contributed by atoms with Gasteiger partial charge in [0.15, 0.2) is 0 Å². The van der Waals surface area contributed by atoms with Gasteiger partial charge in [0.2, 0.25) is 5.91 Å². The number of nitrogens with zero attached hydrogens (tertiary/aromatic N) is 2. The zero-order valence-corrected chi connectivity index (χ0v) is 25.8. The van der Waals surface area contributed by atoms with Crippen LogP contribution in [0.3, 0.4) is 0 Å². The molecule has 3 heterocycles. The van der Waals surface area contributed by atoms with Crippen molar-refractivity contribution >= 4 is 30.9 Å². The van der Waals surface area contributed by atoms with Gasteiger partial charge in [0.25, 0.3) is 0 Å². The third-order valence-electron chi connectivity index (χ3n) is 9.56. The summed E-state index contributed by atoms with van der Waals surface area (Å²) >= 11 is 0. The highest BCUT2D eigenvalue weighted by atomic mass is 28.3. The highest BCUT2D eigenvalue weighted by Crippen LogP contribution is 2.46. The summed E-state index contributed by atoms with van der Waals surface area (Å²) in [6.45, 7) is 8.79. The monoisotopic (exact) mass is 580 g/mol. The van der Waals surface area contributed by atoms with Gasteiger partial charge < -0.3 is 24.2 Å². The number of anilines is 1. The molecule has 9 heteroatoms. The highest BCUT2D eigenvalue weighted by Gasteiger charge is 2.51. The minimum atomic E-state index is -2.08. The molecule has 2 aromatic carbocycles. The molecule has 222 valence electrons. The fourth-order valence-electron chi connectivity index (χ4n) is 7.30. The van der Waals surface area contributed by atoms with Crippen molar-refractivity contribution in [2.45, 2.75) is 75.9 Å². The first kappa shape index (κ1) is 29.6. The maximum absolute atomic E-state index is 13.5. The third-order valence-corrected chi connectivity index (χ3v) is 13.9. The molecule has 1 N–H and O–H groups in total. The Hall–Kier alpha value is -2.88. The second kappa shape index (κ2) is 12.5. The number of ether oxygens (including phenoxy) is 3. The Kier molecular flexibility index (Phi) is 9.06. The van der Waals surface area contributed by atoms with Gasteiger partial charge in [-0.2, -0.15) is 0 Å². The van der Waals surface area contributed by atoms with Gasteiger partial charge in [0.1, 0.15) is 12.4 Å². The van der Waals surface area contributed by atoms with E-state index in [4.69, 9.17) is 14.2 Å². The zero-order chi connectivity index (χ0) is 29.1. The fraction of sp³-hybridized carbons (Fsp3) is 0.562. The van der Waals surface area contributed by atoms with Crippen molar-refractivity contribution in [3.63, 3.8) is 0 Å². The number of methoxy groups -OCH3 is 1. The van der Waals surface area contributed by atoms with E-state index in [1.807, 2.05) is 29.2 Å². The number of amides is 2. The molecule has 3 aliphatic rings. The average molecular weight is 581 g/mol. The van der Waals surface area contributed by atoms with E-state index in [1.54, 1.807) is 12.0 Å². The Morgan fingerprint density at radius 2 is 1.90 bits per heavy atom. The summed E-state index contributed by atoms with van der Waals surface area (Å²) in [5.41, 5.74) is 2.28. The number of likely N-dealkylation sites (tertiary alicyclic amines) is 1. The number of aliphatic hydroxyl groups excluding tert-OH is 1. The lowest BCUT2D eigenvalue weighted by Crippen LogP contribution is -2.51. The lowest BCUT2D eigenvalue weighted by Gasteiger charge is -2.36. The third kappa shape index (κ3) is 6.17. The summed E-state index contributed by atoms with van der Waals surface area (Å²) in [5, 5.41) is 11.2. The van der Waals surface area contributed by atoms with Gasteiger partial charge >= 0.3 is 6.09 Å². The number of aryl methyl sites for hydroxylation is 1. The van der Waals surface area contributed by atoms with Crippen LogP contribution in [0.4, 0.5) is 10.5 Å². The van der Waals surface area contributed by atoms with E-state index in [0.29, 0.717) is 26.1 Å². The van der Waals surface area contributed by atoms with Crippen LogP contribution in [0, 0.1) is 5.92 Å². The Bertz CT molecular complexity index is 1220. The van der Waals surface area contributed by atoms with Crippen molar-refractivity contribution in [1.29, 1.82) is 0 Å². The van der Waals surface area contributed by atoms with E-state index in [0.717, 1.165) is 42.7 Å². The molecular formula is C32H44N2O6Si. The molecule has 5 rings (SSSR count). The van der Waals surface area contributed by atoms with Crippen molar-refractivity contribution < 1.29 is 28.9 Å². The summed E-state index contributed by atoms with van der Waals surface area (Å²) in [7, 11) is -0.401. The lowest BCUT2D eigenvalue weighted by molar-refractivity contribution is -0.135. The van der Waals surface area contributed by atoms with Crippen molar-refractivity contribution in [3.05, 3.63) is 54.1 Å². The van der Waals surface area contributed by atoms with Crippen LogP contribution in [0.25, 0.3) is 0 Å². The van der Waals surface area contributed by atoms with Crippen LogP contribution in [0.5, 0.6) is 5.75 Å². The number of hydrogen-bond donors (Lipinski definition) is 1. The Morgan fingerprint density at radius 1 is 1.12 bits per heavy atom. The largest absolute Gasteiger partial charge is 0.497 e. The summed E-state index contributed by atoms with van der Waals surface area (Å²) < 4.78 is 17.4. The van der Waals surface area contributed by atoms with E-state index >= 15 is 0 Å². The van der Waals surface area contributed by atoms with Crippen LogP contribution in [0.1, 0.15) is 38.2 Å². The molecule has 3 fully saturated rings. The van der Waals surface area contributed by atoms with Gasteiger partial charge in [0.05, 0.1) is 53.0 Å². The SMILES string of the molecule is COc1ccc([Si](C)(C)[C@H]2[C@H](C)[C@H](CCc3cccc(N4CCOC4=O)c3)O[C@@H]2CC(=O)N2CCC[C@H]2CO)cc1. The topological polar surface area (TPSA) is 88.5 Å². The second-order valence-corrected chi connectivity index (χ2v) is 17.0. The maximum Gasteiger partial charge on any atom is 0.414 e. The number of carbonyl (C=O) groups is 2. The fourth-order valence-corrected chi connectivity index (χ4v) is 11.4. The summed E-state index contributed by atoms with van der Waals surface area (Å²) in [5.74, 6) is 1.21. The first-order valence-corrected chi connectivity index (χ1v) is 18.0. The van der Waals surface area contributed by atoms with Crippen molar-refractivity contribution in [2.24, 2.45) is 5.92 Å². The number of rotatable bonds is 10. The number of cyclic esters (lactones) is 1. The average Bonchev–Trinajstić information content (AvgIpc) is 3.70. The molecule has 5 atom stereocenters. The molecule has 0 aliphatic carbocycles. The van der Waals surface area contributed by atoms with Gasteiger partial charge in [-0.15, -0.1) is 0 Å². The predicted octanol–water partition coefficient (Wildman–Crippen LogP) is 4.35. The van der Waals surface area contributed by atoms with E-state index in [2.05, 4.69) is 44.3 Å². The van der Waals surface area contributed by atoms with Crippen LogP contribution in [-0.4, -0.2) is 81.7 Å². The minimum absolute atomic E-state index is 0.0139. The zero-order valence-electron chi connectivity index (χ0n) is 24.8. The normalized spacial score (nSPS) is 26.5. The molecule has 0 aromatic heterocycles. The highest BCUT2D eigenvalue weighted by molar-refractivity contribution is 6.91. The van der Waals surface area contributed by atoms with Gasteiger partial charge in [-0.1, -0.05) is 49.5 Å².